The van der Waals surface area contributed by atoms with Crippen molar-refractivity contribution in [2.75, 3.05) is 0 Å². The van der Waals surface area contributed by atoms with Gasteiger partial charge in [-0.05, 0) is 71.1 Å². The predicted molar refractivity (Wildman–Crippen MR) is 195 cm³/mol. The number of aryl methyl sites for hydroxylation is 2. The Hall–Kier alpha value is -1.05. The topological polar surface area (TPSA) is 0 Å². The molecule has 0 radical (unpaired) electrons. The minimum atomic E-state index is -1.54. The molecule has 3 aromatic rings. The maximum atomic E-state index is 2.74. The monoisotopic (exact) mass is 606 g/mol. The summed E-state index contributed by atoms with van der Waals surface area (Å²) in [5.74, 6) is 0. The van der Waals surface area contributed by atoms with Gasteiger partial charge < -0.3 is 0 Å². The summed E-state index contributed by atoms with van der Waals surface area (Å²) in [7, 11) is -3.81. The van der Waals surface area contributed by atoms with Gasteiger partial charge in [0, 0.05) is 6.16 Å². The van der Waals surface area contributed by atoms with Crippen LogP contribution in [0, 0.1) is 13.8 Å². The van der Waals surface area contributed by atoms with Crippen LogP contribution in [0.15, 0.2) is 60.7 Å². The molecule has 0 aromatic heterocycles. The molecule has 0 spiro atoms. The Labute approximate surface area is 252 Å². The highest BCUT2D eigenvalue weighted by molar-refractivity contribution is 7.72. The normalized spacial score (nSPS) is 13.4. The quantitative estimate of drug-likeness (QED) is 0.177. The number of hydrogen-bond acceptors (Lipinski definition) is 0. The first-order chi connectivity index (χ1) is 18.2. The summed E-state index contributed by atoms with van der Waals surface area (Å²) in [5, 5.41) is 7.12. The van der Waals surface area contributed by atoms with Gasteiger partial charge in [0.05, 0.1) is 16.1 Å². The predicted octanol–water partition coefficient (Wildman–Crippen LogP) is 9.61. The highest BCUT2D eigenvalue weighted by atomic mass is 31.1. The molecular weight excluding hydrogens is 551 g/mol. The second kappa shape index (κ2) is 12.3. The molecule has 0 N–H and O–H groups in total. The molecule has 0 amide bonds. The minimum absolute atomic E-state index is 0.233. The lowest BCUT2D eigenvalue weighted by atomic mass is 10.1. The largest absolute Gasteiger partial charge is 0.0911 e. The van der Waals surface area contributed by atoms with Gasteiger partial charge in [0.2, 0.25) is 0 Å². The average molecular weight is 607 g/mol. The molecule has 218 valence electrons. The minimum Gasteiger partial charge on any atom is -0.0911 e. The maximum Gasteiger partial charge on any atom is 0.0774 e. The van der Waals surface area contributed by atoms with Crippen LogP contribution >= 0.6 is 15.8 Å². The van der Waals surface area contributed by atoms with Crippen LogP contribution in [0.3, 0.4) is 0 Å². The van der Waals surface area contributed by atoms with E-state index < -0.39 is 24.1 Å². The standard InChI is InChI=1S/C36H56P2Si2/c1-27-19-15-17-21-31(27)37(32-22-18-16-20-28(32)2)25-29-23-33(39(9,10)11)34(40(12,13)14)24-30(29)26-38(35(3,4)5)36(6,7)8/h15-24H,25-26H2,1-14H3. The molecule has 0 saturated heterocycles. The van der Waals surface area contributed by atoms with Crippen molar-refractivity contribution >= 4 is 53.0 Å². The van der Waals surface area contributed by atoms with E-state index in [0.29, 0.717) is 10.3 Å². The van der Waals surface area contributed by atoms with Crippen LogP contribution in [0.1, 0.15) is 63.8 Å². The van der Waals surface area contributed by atoms with Crippen LogP contribution in [-0.4, -0.2) is 26.5 Å². The van der Waals surface area contributed by atoms with Crippen molar-refractivity contribution in [3.8, 4) is 0 Å². The first kappa shape index (κ1) is 33.5. The third-order valence-electron chi connectivity index (χ3n) is 8.04. The van der Waals surface area contributed by atoms with Gasteiger partial charge in [-0.2, -0.15) is 0 Å². The Morgan fingerprint density at radius 3 is 1.23 bits per heavy atom. The molecule has 0 atom stereocenters. The van der Waals surface area contributed by atoms with E-state index in [1.807, 2.05) is 0 Å². The fourth-order valence-corrected chi connectivity index (χ4v) is 17.7. The van der Waals surface area contributed by atoms with Crippen LogP contribution in [0.25, 0.3) is 0 Å². The van der Waals surface area contributed by atoms with Gasteiger partial charge in [-0.15, -0.1) is 0 Å². The van der Waals surface area contributed by atoms with Crippen molar-refractivity contribution in [3.63, 3.8) is 0 Å². The third kappa shape index (κ3) is 8.07. The van der Waals surface area contributed by atoms with E-state index >= 15 is 0 Å². The molecule has 0 aliphatic rings. The van der Waals surface area contributed by atoms with E-state index in [9.17, 15) is 0 Å². The molecule has 0 nitrogen and oxygen atoms in total. The first-order valence-electron chi connectivity index (χ1n) is 15.0. The van der Waals surface area contributed by atoms with Gasteiger partial charge in [-0.25, -0.2) is 0 Å². The Morgan fingerprint density at radius 2 is 0.900 bits per heavy atom. The summed E-state index contributed by atoms with van der Waals surface area (Å²) in [5.41, 5.74) is 6.12. The summed E-state index contributed by atoms with van der Waals surface area (Å²) in [6, 6.07) is 23.8. The molecule has 0 bridgehead atoms. The van der Waals surface area contributed by atoms with Crippen molar-refractivity contribution in [3.05, 3.63) is 82.9 Å². The Morgan fingerprint density at radius 1 is 0.550 bits per heavy atom. The number of rotatable bonds is 8. The van der Waals surface area contributed by atoms with Gasteiger partial charge in [-0.1, -0.05) is 160 Å². The fraction of sp³-hybridized carbons (Fsp3) is 0.500. The maximum absolute atomic E-state index is 2.74. The average Bonchev–Trinajstić information content (AvgIpc) is 2.79. The summed E-state index contributed by atoms with van der Waals surface area (Å²) in [6.45, 7) is 34.8. The van der Waals surface area contributed by atoms with Crippen LogP contribution < -0.4 is 21.0 Å². The van der Waals surface area contributed by atoms with Gasteiger partial charge in [-0.3, -0.25) is 0 Å². The zero-order valence-electron chi connectivity index (χ0n) is 28.1. The molecule has 3 aromatic carbocycles. The van der Waals surface area contributed by atoms with E-state index in [1.54, 1.807) is 21.5 Å². The zero-order valence-corrected chi connectivity index (χ0v) is 31.9. The Balaban J connectivity index is 2.34. The molecular formula is C36H56P2Si2. The summed E-state index contributed by atoms with van der Waals surface area (Å²) in [6.07, 6.45) is 2.34. The first-order valence-corrected chi connectivity index (χ1v) is 25.1. The van der Waals surface area contributed by atoms with Crippen LogP contribution in [-0.2, 0) is 12.3 Å². The van der Waals surface area contributed by atoms with E-state index in [4.69, 9.17) is 0 Å². The van der Waals surface area contributed by atoms with Crippen molar-refractivity contribution in [2.45, 2.75) is 117 Å². The fourth-order valence-electron chi connectivity index (χ4n) is 6.08. The Kier molecular flexibility index (Phi) is 10.3. The smallest absolute Gasteiger partial charge is 0.0774 e. The van der Waals surface area contributed by atoms with Crippen LogP contribution in [0.5, 0.6) is 0 Å². The van der Waals surface area contributed by atoms with E-state index in [0.717, 1.165) is 6.16 Å². The molecule has 0 fully saturated rings. The second-order valence-corrected chi connectivity index (χ2v) is 31.8. The van der Waals surface area contributed by atoms with E-state index in [-0.39, 0.29) is 7.92 Å². The van der Waals surface area contributed by atoms with Gasteiger partial charge in [0.1, 0.15) is 0 Å². The van der Waals surface area contributed by atoms with E-state index in [2.05, 4.69) is 155 Å². The lowest BCUT2D eigenvalue weighted by molar-refractivity contribution is 0.702. The highest BCUT2D eigenvalue weighted by Crippen LogP contribution is 2.61. The third-order valence-corrected chi connectivity index (χ3v) is 19.1. The zero-order chi connectivity index (χ0) is 30.3. The van der Waals surface area contributed by atoms with Crippen molar-refractivity contribution in [2.24, 2.45) is 0 Å². The van der Waals surface area contributed by atoms with Gasteiger partial charge >= 0.3 is 0 Å². The van der Waals surface area contributed by atoms with Crippen molar-refractivity contribution in [1.82, 2.24) is 0 Å². The van der Waals surface area contributed by atoms with Crippen molar-refractivity contribution in [1.29, 1.82) is 0 Å². The summed E-state index contributed by atoms with van der Waals surface area (Å²) < 4.78 is 0. The SMILES string of the molecule is Cc1ccccc1P(Cc1cc([Si](C)(C)C)c([Si](C)(C)C)cc1CP(C(C)(C)C)C(C)(C)C)c1ccccc1C. The van der Waals surface area contributed by atoms with Crippen LogP contribution in [0.4, 0.5) is 0 Å². The number of hydrogen-bond donors (Lipinski definition) is 0. The summed E-state index contributed by atoms with van der Waals surface area (Å²) in [4.78, 5) is 0. The molecule has 0 heterocycles. The van der Waals surface area contributed by atoms with Gasteiger partial charge in [0.25, 0.3) is 0 Å². The number of benzene rings is 3. The van der Waals surface area contributed by atoms with E-state index in [1.165, 1.54) is 27.9 Å². The molecule has 0 aliphatic carbocycles. The molecule has 40 heavy (non-hydrogen) atoms. The molecule has 3 rings (SSSR count). The molecule has 0 unspecified atom stereocenters. The lowest BCUT2D eigenvalue weighted by Gasteiger charge is -2.42. The lowest BCUT2D eigenvalue weighted by Crippen LogP contribution is -2.56. The summed E-state index contributed by atoms with van der Waals surface area (Å²) >= 11 is 0. The Bertz CT molecular complexity index is 1250. The van der Waals surface area contributed by atoms with Crippen LogP contribution in [0.2, 0.25) is 39.3 Å². The van der Waals surface area contributed by atoms with Gasteiger partial charge in [0.15, 0.2) is 0 Å². The molecule has 4 heteroatoms. The molecule has 0 aliphatic heterocycles. The second-order valence-electron chi connectivity index (χ2n) is 15.8. The molecule has 0 saturated carbocycles. The van der Waals surface area contributed by atoms with Crippen molar-refractivity contribution < 1.29 is 0 Å². The highest BCUT2D eigenvalue weighted by Gasteiger charge is 2.36.